The maximum Gasteiger partial charge on any atom is 0.0553 e. The first-order valence-electron chi connectivity index (χ1n) is 8.71. The van der Waals surface area contributed by atoms with Gasteiger partial charge in [0.1, 0.15) is 0 Å². The molecule has 3 heteroatoms. The van der Waals surface area contributed by atoms with E-state index in [0.29, 0.717) is 18.0 Å². The van der Waals surface area contributed by atoms with E-state index in [1.54, 1.807) is 0 Å². The highest BCUT2D eigenvalue weighted by atomic mass is 16.3. The van der Waals surface area contributed by atoms with Gasteiger partial charge in [-0.2, -0.15) is 0 Å². The summed E-state index contributed by atoms with van der Waals surface area (Å²) in [6, 6.07) is 1.14. The first kappa shape index (κ1) is 16.3. The predicted molar refractivity (Wildman–Crippen MR) is 84.9 cm³/mol. The van der Waals surface area contributed by atoms with Crippen molar-refractivity contribution in [3.05, 3.63) is 0 Å². The smallest absolute Gasteiger partial charge is 0.0553 e. The number of aliphatic hydroxyl groups is 1. The van der Waals surface area contributed by atoms with Gasteiger partial charge in [-0.25, -0.2) is 0 Å². The molecular weight excluding hydrogens is 248 g/mol. The summed E-state index contributed by atoms with van der Waals surface area (Å²) < 4.78 is 0. The van der Waals surface area contributed by atoms with Crippen molar-refractivity contribution in [2.75, 3.05) is 19.6 Å². The van der Waals surface area contributed by atoms with Crippen molar-refractivity contribution in [1.29, 1.82) is 0 Å². The Kier molecular flexibility index (Phi) is 6.31. The fourth-order valence-corrected chi connectivity index (χ4v) is 3.82. The van der Waals surface area contributed by atoms with Gasteiger partial charge in [0.05, 0.1) is 6.10 Å². The van der Waals surface area contributed by atoms with Crippen LogP contribution in [0.4, 0.5) is 0 Å². The maximum absolute atomic E-state index is 9.96. The largest absolute Gasteiger partial charge is 0.393 e. The monoisotopic (exact) mass is 282 g/mol. The van der Waals surface area contributed by atoms with Gasteiger partial charge in [-0.1, -0.05) is 19.3 Å². The van der Waals surface area contributed by atoms with Crippen LogP contribution in [0.1, 0.15) is 59.3 Å². The fourth-order valence-electron chi connectivity index (χ4n) is 3.82. The van der Waals surface area contributed by atoms with Crippen LogP contribution in [0.5, 0.6) is 0 Å². The summed E-state index contributed by atoms with van der Waals surface area (Å²) in [6.07, 6.45) is 8.05. The fraction of sp³-hybridized carbons (Fsp3) is 1.00. The minimum Gasteiger partial charge on any atom is -0.393 e. The van der Waals surface area contributed by atoms with Crippen LogP contribution in [0.2, 0.25) is 0 Å². The van der Waals surface area contributed by atoms with E-state index in [0.717, 1.165) is 25.4 Å². The molecule has 1 aliphatic carbocycles. The lowest BCUT2D eigenvalue weighted by Crippen LogP contribution is -2.54. The van der Waals surface area contributed by atoms with Gasteiger partial charge in [-0.3, -0.25) is 4.90 Å². The maximum atomic E-state index is 9.96. The standard InChI is InChI=1S/C17H34N2O/c1-13(2)19-11-16(14(3)20)9-17(12-19)18-10-15-7-5-4-6-8-15/h13-18,20H,4-12H2,1-3H3. The third kappa shape index (κ3) is 4.71. The van der Waals surface area contributed by atoms with E-state index in [-0.39, 0.29) is 6.10 Å². The summed E-state index contributed by atoms with van der Waals surface area (Å²) in [5.41, 5.74) is 0. The SMILES string of the molecule is CC(O)C1CC(NCC2CCCCC2)CN(C(C)C)C1. The van der Waals surface area contributed by atoms with Gasteiger partial charge < -0.3 is 10.4 Å². The van der Waals surface area contributed by atoms with Crippen LogP contribution in [0.15, 0.2) is 0 Å². The molecule has 2 rings (SSSR count). The molecule has 0 spiro atoms. The lowest BCUT2D eigenvalue weighted by atomic mass is 9.87. The van der Waals surface area contributed by atoms with E-state index in [1.165, 1.54) is 38.6 Å². The molecule has 3 atom stereocenters. The molecule has 0 bridgehead atoms. The Hall–Kier alpha value is -0.120. The quantitative estimate of drug-likeness (QED) is 0.814. The molecule has 1 saturated heterocycles. The van der Waals surface area contributed by atoms with Crippen molar-refractivity contribution in [2.24, 2.45) is 11.8 Å². The Morgan fingerprint density at radius 1 is 1.10 bits per heavy atom. The first-order valence-corrected chi connectivity index (χ1v) is 8.71. The van der Waals surface area contributed by atoms with Gasteiger partial charge in [-0.05, 0) is 58.4 Å². The Morgan fingerprint density at radius 3 is 2.40 bits per heavy atom. The minimum atomic E-state index is -0.185. The van der Waals surface area contributed by atoms with E-state index in [4.69, 9.17) is 0 Å². The number of likely N-dealkylation sites (tertiary alicyclic amines) is 1. The van der Waals surface area contributed by atoms with E-state index < -0.39 is 0 Å². The van der Waals surface area contributed by atoms with E-state index >= 15 is 0 Å². The van der Waals surface area contributed by atoms with Crippen molar-refractivity contribution in [3.63, 3.8) is 0 Å². The number of nitrogens with one attached hydrogen (secondary N) is 1. The van der Waals surface area contributed by atoms with E-state index in [2.05, 4.69) is 24.1 Å². The molecule has 1 saturated carbocycles. The molecule has 0 radical (unpaired) electrons. The highest BCUT2D eigenvalue weighted by molar-refractivity contribution is 4.87. The molecule has 2 aliphatic rings. The van der Waals surface area contributed by atoms with Crippen molar-refractivity contribution in [1.82, 2.24) is 10.2 Å². The molecular formula is C17H34N2O. The van der Waals surface area contributed by atoms with Crippen molar-refractivity contribution in [2.45, 2.75) is 77.5 Å². The van der Waals surface area contributed by atoms with Crippen molar-refractivity contribution < 1.29 is 5.11 Å². The molecule has 1 heterocycles. The predicted octanol–water partition coefficient (Wildman–Crippen LogP) is 2.64. The van der Waals surface area contributed by atoms with E-state index in [1.807, 2.05) is 6.92 Å². The number of rotatable bonds is 5. The second-order valence-corrected chi connectivity index (χ2v) is 7.39. The van der Waals surface area contributed by atoms with Crippen molar-refractivity contribution in [3.8, 4) is 0 Å². The lowest BCUT2D eigenvalue weighted by molar-refractivity contribution is 0.0345. The van der Waals surface area contributed by atoms with Crippen LogP contribution >= 0.6 is 0 Å². The van der Waals surface area contributed by atoms with Crippen LogP contribution in [0, 0.1) is 11.8 Å². The Balaban J connectivity index is 1.82. The van der Waals surface area contributed by atoms with Gasteiger partial charge in [0.15, 0.2) is 0 Å². The van der Waals surface area contributed by atoms with Crippen LogP contribution in [0.25, 0.3) is 0 Å². The van der Waals surface area contributed by atoms with Crippen LogP contribution in [-0.2, 0) is 0 Å². The average molecular weight is 282 g/mol. The highest BCUT2D eigenvalue weighted by Gasteiger charge is 2.31. The normalized spacial score (nSPS) is 31.6. The van der Waals surface area contributed by atoms with Gasteiger partial charge in [0, 0.05) is 25.2 Å². The summed E-state index contributed by atoms with van der Waals surface area (Å²) >= 11 is 0. The molecule has 0 aromatic heterocycles. The molecule has 3 unspecified atom stereocenters. The minimum absolute atomic E-state index is 0.185. The van der Waals surface area contributed by atoms with E-state index in [9.17, 15) is 5.11 Å². The molecule has 118 valence electrons. The third-order valence-electron chi connectivity index (χ3n) is 5.34. The number of piperidine rings is 1. The Labute approximate surface area is 125 Å². The molecule has 20 heavy (non-hydrogen) atoms. The summed E-state index contributed by atoms with van der Waals surface area (Å²) in [7, 11) is 0. The summed E-state index contributed by atoms with van der Waals surface area (Å²) in [4.78, 5) is 2.53. The molecule has 3 nitrogen and oxygen atoms in total. The number of nitrogens with zero attached hydrogens (tertiary/aromatic N) is 1. The number of aliphatic hydroxyl groups excluding tert-OH is 1. The van der Waals surface area contributed by atoms with Gasteiger partial charge >= 0.3 is 0 Å². The topological polar surface area (TPSA) is 35.5 Å². The first-order chi connectivity index (χ1) is 9.56. The van der Waals surface area contributed by atoms with Gasteiger partial charge in [0.2, 0.25) is 0 Å². The average Bonchev–Trinajstić information content (AvgIpc) is 2.45. The lowest BCUT2D eigenvalue weighted by Gasteiger charge is -2.42. The molecule has 0 aromatic rings. The van der Waals surface area contributed by atoms with Crippen molar-refractivity contribution >= 4 is 0 Å². The second-order valence-electron chi connectivity index (χ2n) is 7.39. The van der Waals surface area contributed by atoms with Crippen LogP contribution in [0.3, 0.4) is 0 Å². The molecule has 2 fully saturated rings. The Morgan fingerprint density at radius 2 is 1.80 bits per heavy atom. The zero-order valence-corrected chi connectivity index (χ0v) is 13.6. The van der Waals surface area contributed by atoms with Crippen LogP contribution < -0.4 is 5.32 Å². The summed E-state index contributed by atoms with van der Waals surface area (Å²) in [5, 5.41) is 13.8. The Bertz CT molecular complexity index is 258. The molecule has 2 N–H and O–H groups in total. The molecule has 1 aliphatic heterocycles. The zero-order valence-electron chi connectivity index (χ0n) is 13.6. The van der Waals surface area contributed by atoms with Gasteiger partial charge in [-0.15, -0.1) is 0 Å². The number of hydrogen-bond acceptors (Lipinski definition) is 3. The zero-order chi connectivity index (χ0) is 14.5. The highest BCUT2D eigenvalue weighted by Crippen LogP contribution is 2.25. The van der Waals surface area contributed by atoms with Crippen LogP contribution in [-0.4, -0.2) is 47.8 Å². The molecule has 0 amide bonds. The number of hydrogen-bond donors (Lipinski definition) is 2. The summed E-state index contributed by atoms with van der Waals surface area (Å²) in [6.45, 7) is 9.87. The summed E-state index contributed by atoms with van der Waals surface area (Å²) in [5.74, 6) is 1.32. The van der Waals surface area contributed by atoms with Gasteiger partial charge in [0.25, 0.3) is 0 Å². The molecule has 0 aromatic carbocycles. The third-order valence-corrected chi connectivity index (χ3v) is 5.34. The second kappa shape index (κ2) is 7.77.